The fraction of sp³-hybridized carbons (Fsp3) is 0.667. The van der Waals surface area contributed by atoms with E-state index >= 15 is 0 Å². The number of rotatable bonds is 4. The van der Waals surface area contributed by atoms with Crippen LogP contribution in [0.5, 0.6) is 0 Å². The van der Waals surface area contributed by atoms with E-state index in [1.807, 2.05) is 0 Å². The van der Waals surface area contributed by atoms with Crippen LogP contribution in [0.4, 0.5) is 5.69 Å². The van der Waals surface area contributed by atoms with Crippen molar-refractivity contribution < 1.29 is 13.3 Å². The summed E-state index contributed by atoms with van der Waals surface area (Å²) in [6, 6.07) is 1.06. The number of halogens is 1. The van der Waals surface area contributed by atoms with E-state index < -0.39 is 14.9 Å². The molecule has 0 aromatic carbocycles. The molecule has 1 aliphatic heterocycles. The van der Waals surface area contributed by atoms with E-state index in [0.717, 1.165) is 43.1 Å². The second kappa shape index (κ2) is 6.60. The van der Waals surface area contributed by atoms with Crippen LogP contribution in [-0.2, 0) is 10.0 Å². The molecule has 9 heteroatoms. The Morgan fingerprint density at radius 2 is 2.19 bits per heavy atom. The van der Waals surface area contributed by atoms with Gasteiger partial charge in [0.25, 0.3) is 15.7 Å². The Morgan fingerprint density at radius 3 is 2.76 bits per heavy atom. The minimum Gasteiger partial charge on any atom is -0.258 e. The van der Waals surface area contributed by atoms with E-state index in [9.17, 15) is 18.5 Å². The molecular formula is C12H17ClN2O4S2. The van der Waals surface area contributed by atoms with Gasteiger partial charge in [0, 0.05) is 19.2 Å². The van der Waals surface area contributed by atoms with Crippen LogP contribution in [0.1, 0.15) is 32.6 Å². The van der Waals surface area contributed by atoms with E-state index in [-0.39, 0.29) is 14.2 Å². The van der Waals surface area contributed by atoms with Crippen LogP contribution in [0, 0.1) is 16.0 Å². The largest absolute Gasteiger partial charge is 0.300 e. The summed E-state index contributed by atoms with van der Waals surface area (Å²) < 4.78 is 26.4. The maximum atomic E-state index is 12.6. The van der Waals surface area contributed by atoms with Crippen LogP contribution in [0.15, 0.2) is 10.3 Å². The Labute approximate surface area is 132 Å². The van der Waals surface area contributed by atoms with Crippen LogP contribution < -0.4 is 0 Å². The number of sulfonamides is 1. The van der Waals surface area contributed by atoms with E-state index in [0.29, 0.717) is 19.0 Å². The monoisotopic (exact) mass is 352 g/mol. The van der Waals surface area contributed by atoms with Gasteiger partial charge in [-0.25, -0.2) is 8.42 Å². The first kappa shape index (κ1) is 16.7. The van der Waals surface area contributed by atoms with Gasteiger partial charge in [0.05, 0.1) is 4.92 Å². The van der Waals surface area contributed by atoms with Gasteiger partial charge in [-0.2, -0.15) is 4.31 Å². The summed E-state index contributed by atoms with van der Waals surface area (Å²) in [5, 5.41) is 10.8. The molecule has 1 unspecified atom stereocenters. The van der Waals surface area contributed by atoms with Gasteiger partial charge in [0.1, 0.15) is 4.21 Å². The summed E-state index contributed by atoms with van der Waals surface area (Å²) in [6.07, 6.45) is 3.72. The van der Waals surface area contributed by atoms with Crippen molar-refractivity contribution in [2.45, 2.75) is 36.8 Å². The highest BCUT2D eigenvalue weighted by molar-refractivity contribution is 7.91. The van der Waals surface area contributed by atoms with Gasteiger partial charge in [-0.1, -0.05) is 24.9 Å². The Kier molecular flexibility index (Phi) is 5.24. The lowest BCUT2D eigenvalue weighted by molar-refractivity contribution is -0.384. The number of hydrogen-bond donors (Lipinski definition) is 0. The second-order valence-electron chi connectivity index (χ2n) is 5.09. The lowest BCUT2D eigenvalue weighted by Gasteiger charge is -2.18. The molecule has 6 nitrogen and oxygen atoms in total. The van der Waals surface area contributed by atoms with Gasteiger partial charge in [-0.05, 0) is 25.2 Å². The fourth-order valence-corrected chi connectivity index (χ4v) is 5.82. The lowest BCUT2D eigenvalue weighted by atomic mass is 9.98. The predicted octanol–water partition coefficient (Wildman–Crippen LogP) is 3.51. The van der Waals surface area contributed by atoms with Crippen LogP contribution in [-0.4, -0.2) is 30.7 Å². The molecule has 0 radical (unpaired) electrons. The van der Waals surface area contributed by atoms with E-state index in [4.69, 9.17) is 11.6 Å². The van der Waals surface area contributed by atoms with Crippen molar-refractivity contribution in [3.05, 3.63) is 20.5 Å². The SMILES string of the molecule is CCC1CCCN(S(=O)(=O)c2cc([N+](=O)[O-])c(Cl)s2)CC1. The third kappa shape index (κ3) is 3.56. The Balaban J connectivity index is 2.25. The fourth-order valence-electron chi connectivity index (χ4n) is 2.50. The maximum Gasteiger partial charge on any atom is 0.300 e. The topological polar surface area (TPSA) is 80.5 Å². The van der Waals surface area contributed by atoms with E-state index in [2.05, 4.69) is 6.92 Å². The Hall–Kier alpha value is -0.700. The minimum atomic E-state index is -3.69. The molecule has 1 aliphatic rings. The third-order valence-corrected chi connectivity index (χ3v) is 7.51. The molecule has 0 aliphatic carbocycles. The number of hydrogen-bond acceptors (Lipinski definition) is 5. The summed E-state index contributed by atoms with van der Waals surface area (Å²) in [6.45, 7) is 3.03. The van der Waals surface area contributed by atoms with Crippen molar-refractivity contribution in [3.8, 4) is 0 Å². The van der Waals surface area contributed by atoms with Crippen molar-refractivity contribution in [2.24, 2.45) is 5.92 Å². The minimum absolute atomic E-state index is 0.0471. The summed E-state index contributed by atoms with van der Waals surface area (Å²) in [4.78, 5) is 10.1. The van der Waals surface area contributed by atoms with Crippen LogP contribution in [0.2, 0.25) is 4.34 Å². The first-order valence-electron chi connectivity index (χ1n) is 6.80. The quantitative estimate of drug-likeness (QED) is 0.613. The average molecular weight is 353 g/mol. The lowest BCUT2D eigenvalue weighted by Crippen LogP contribution is -2.31. The maximum absolute atomic E-state index is 12.6. The molecule has 0 amide bonds. The Morgan fingerprint density at radius 1 is 1.48 bits per heavy atom. The summed E-state index contributed by atoms with van der Waals surface area (Å²) >= 11 is 6.51. The third-order valence-electron chi connectivity index (χ3n) is 3.82. The van der Waals surface area contributed by atoms with Gasteiger partial charge in [0.2, 0.25) is 0 Å². The zero-order chi connectivity index (χ0) is 15.6. The molecule has 0 saturated carbocycles. The molecule has 1 aromatic heterocycles. The van der Waals surface area contributed by atoms with Crippen molar-refractivity contribution >= 4 is 38.6 Å². The molecule has 2 rings (SSSR count). The van der Waals surface area contributed by atoms with Gasteiger partial charge >= 0.3 is 0 Å². The highest BCUT2D eigenvalue weighted by Gasteiger charge is 2.31. The molecule has 118 valence electrons. The van der Waals surface area contributed by atoms with Crippen LogP contribution >= 0.6 is 22.9 Å². The molecule has 0 bridgehead atoms. The van der Waals surface area contributed by atoms with Crippen molar-refractivity contribution in [1.82, 2.24) is 4.31 Å². The first-order chi connectivity index (χ1) is 9.86. The molecule has 2 heterocycles. The molecule has 21 heavy (non-hydrogen) atoms. The van der Waals surface area contributed by atoms with Crippen LogP contribution in [0.25, 0.3) is 0 Å². The van der Waals surface area contributed by atoms with Crippen molar-refractivity contribution in [1.29, 1.82) is 0 Å². The van der Waals surface area contributed by atoms with Crippen molar-refractivity contribution in [2.75, 3.05) is 13.1 Å². The molecule has 1 aromatic rings. The zero-order valence-corrected chi connectivity index (χ0v) is 14.0. The molecule has 0 N–H and O–H groups in total. The predicted molar refractivity (Wildman–Crippen MR) is 82.4 cm³/mol. The molecule has 1 saturated heterocycles. The summed E-state index contributed by atoms with van der Waals surface area (Å²) in [7, 11) is -3.69. The molecule has 1 fully saturated rings. The first-order valence-corrected chi connectivity index (χ1v) is 9.43. The van der Waals surface area contributed by atoms with Gasteiger partial charge in [-0.3, -0.25) is 10.1 Å². The van der Waals surface area contributed by atoms with E-state index in [1.54, 1.807) is 0 Å². The number of nitrogens with zero attached hydrogens (tertiary/aromatic N) is 2. The average Bonchev–Trinajstić information content (AvgIpc) is 2.68. The Bertz CT molecular complexity index is 629. The number of nitro groups is 1. The highest BCUT2D eigenvalue weighted by Crippen LogP contribution is 2.38. The molecule has 0 spiro atoms. The van der Waals surface area contributed by atoms with Crippen molar-refractivity contribution in [3.63, 3.8) is 0 Å². The van der Waals surface area contributed by atoms with Gasteiger partial charge < -0.3 is 0 Å². The number of thiophene rings is 1. The van der Waals surface area contributed by atoms with E-state index in [1.165, 1.54) is 4.31 Å². The highest BCUT2D eigenvalue weighted by atomic mass is 35.5. The second-order valence-corrected chi connectivity index (χ2v) is 8.91. The summed E-state index contributed by atoms with van der Waals surface area (Å²) in [5.41, 5.74) is -0.346. The van der Waals surface area contributed by atoms with Gasteiger partial charge in [0.15, 0.2) is 4.34 Å². The molecular weight excluding hydrogens is 336 g/mol. The van der Waals surface area contributed by atoms with Crippen LogP contribution in [0.3, 0.4) is 0 Å². The normalized spacial score (nSPS) is 21.1. The molecule has 1 atom stereocenters. The zero-order valence-electron chi connectivity index (χ0n) is 11.6. The smallest absolute Gasteiger partial charge is 0.258 e. The summed E-state index contributed by atoms with van der Waals surface area (Å²) in [5.74, 6) is 0.548. The van der Waals surface area contributed by atoms with Gasteiger partial charge in [-0.15, -0.1) is 11.3 Å². The standard InChI is InChI=1S/C12H17ClN2O4S2/c1-2-9-4-3-6-14(7-5-9)21(18,19)11-8-10(15(16)17)12(13)20-11/h8-9H,2-7H2,1H3.